The Morgan fingerprint density at radius 1 is 0.894 bits per heavy atom. The highest BCUT2D eigenvalue weighted by molar-refractivity contribution is 7.92. The van der Waals surface area contributed by atoms with Gasteiger partial charge in [0.1, 0.15) is 5.75 Å². The fraction of sp³-hybridized carbons (Fsp3) is 0.297. The van der Waals surface area contributed by atoms with Crippen LogP contribution >= 0.6 is 0 Å². The van der Waals surface area contributed by atoms with Crippen LogP contribution in [0.5, 0.6) is 5.75 Å². The van der Waals surface area contributed by atoms with E-state index in [0.717, 1.165) is 16.8 Å². The number of piperazine rings is 1. The molecule has 244 valence electrons. The van der Waals surface area contributed by atoms with Crippen molar-refractivity contribution in [3.63, 3.8) is 0 Å². The highest BCUT2D eigenvalue weighted by Gasteiger charge is 2.47. The van der Waals surface area contributed by atoms with E-state index in [1.54, 1.807) is 26.0 Å². The van der Waals surface area contributed by atoms with E-state index in [1.165, 1.54) is 10.4 Å². The lowest BCUT2D eigenvalue weighted by Crippen LogP contribution is -2.49. The van der Waals surface area contributed by atoms with Gasteiger partial charge < -0.3 is 19.6 Å². The van der Waals surface area contributed by atoms with Crippen LogP contribution in [0.4, 0.5) is 11.4 Å². The summed E-state index contributed by atoms with van der Waals surface area (Å²) in [7, 11) is -4.12. The highest BCUT2D eigenvalue weighted by Crippen LogP contribution is 2.44. The number of benzene rings is 4. The van der Waals surface area contributed by atoms with Crippen molar-refractivity contribution in [2.75, 3.05) is 41.9 Å². The number of anilines is 2. The smallest absolute Gasteiger partial charge is 0.345 e. The molecule has 6 rings (SSSR count). The molecule has 0 saturated carbocycles. The van der Waals surface area contributed by atoms with Crippen LogP contribution in [0.3, 0.4) is 0 Å². The second-order valence-corrected chi connectivity index (χ2v) is 14.5. The molecule has 9 nitrogen and oxygen atoms in total. The lowest BCUT2D eigenvalue weighted by Gasteiger charge is -2.38. The van der Waals surface area contributed by atoms with Crippen LogP contribution in [0.2, 0.25) is 0 Å². The van der Waals surface area contributed by atoms with Crippen LogP contribution < -0.4 is 13.9 Å². The maximum Gasteiger partial charge on any atom is 0.345 e. The summed E-state index contributed by atoms with van der Waals surface area (Å²) < 4.78 is 36.4. The van der Waals surface area contributed by atoms with Gasteiger partial charge in [0.2, 0.25) is 6.10 Å². The molecule has 2 aliphatic rings. The Balaban J connectivity index is 1.32. The molecule has 1 fully saturated rings. The Hall–Kier alpha value is -4.83. The SMILES string of the molecule is Cc1ccc(C(=O)N2CCN(c3ccccc3N(CCc3ccccc3)S(=O)(=O)c3ccc4c(c3)C(C)(C)C(C(=O)O)O4)CC2)cc1. The number of carboxylic acid groups (broad SMARTS) is 1. The van der Waals surface area contributed by atoms with Crippen molar-refractivity contribution in [3.8, 4) is 5.75 Å². The molecule has 0 aromatic heterocycles. The number of para-hydroxylation sites is 2. The Labute approximate surface area is 276 Å². The van der Waals surface area contributed by atoms with Crippen molar-refractivity contribution < 1.29 is 27.9 Å². The average Bonchev–Trinajstić information content (AvgIpc) is 3.35. The number of aryl methyl sites for hydroxylation is 1. The van der Waals surface area contributed by atoms with Gasteiger partial charge in [0.25, 0.3) is 15.9 Å². The van der Waals surface area contributed by atoms with Gasteiger partial charge in [-0.3, -0.25) is 9.10 Å². The number of fused-ring (bicyclic) bond motifs is 1. The summed E-state index contributed by atoms with van der Waals surface area (Å²) in [6.45, 7) is 7.76. The molecule has 1 unspecified atom stereocenters. The number of carbonyl (C=O) groups is 2. The first-order chi connectivity index (χ1) is 22.5. The largest absolute Gasteiger partial charge is 0.478 e. The number of amides is 1. The summed E-state index contributed by atoms with van der Waals surface area (Å²) in [5.74, 6) is -0.746. The van der Waals surface area contributed by atoms with Crippen LogP contribution in [0, 0.1) is 6.92 Å². The van der Waals surface area contributed by atoms with Crippen molar-refractivity contribution >= 4 is 33.3 Å². The minimum Gasteiger partial charge on any atom is -0.478 e. The van der Waals surface area contributed by atoms with Gasteiger partial charge in [-0.05, 0) is 61.4 Å². The molecule has 1 amide bonds. The van der Waals surface area contributed by atoms with Crippen LogP contribution in [-0.4, -0.2) is 69.1 Å². The Morgan fingerprint density at radius 2 is 1.55 bits per heavy atom. The third-order valence-corrected chi connectivity index (χ3v) is 11.0. The quantitative estimate of drug-likeness (QED) is 0.254. The van der Waals surface area contributed by atoms with E-state index >= 15 is 0 Å². The molecule has 2 heterocycles. The molecular weight excluding hydrogens is 614 g/mol. The first kappa shape index (κ1) is 32.1. The van der Waals surface area contributed by atoms with Crippen molar-refractivity contribution in [2.24, 2.45) is 0 Å². The molecule has 4 aromatic rings. The number of aliphatic carboxylic acids is 1. The van der Waals surface area contributed by atoms with Crippen molar-refractivity contribution in [2.45, 2.75) is 43.6 Å². The Kier molecular flexibility index (Phi) is 8.72. The van der Waals surface area contributed by atoms with Crippen LogP contribution in [0.15, 0.2) is 102 Å². The average molecular weight is 654 g/mol. The summed E-state index contributed by atoms with van der Waals surface area (Å²) >= 11 is 0. The first-order valence-corrected chi connectivity index (χ1v) is 17.2. The van der Waals surface area contributed by atoms with E-state index in [9.17, 15) is 23.1 Å². The van der Waals surface area contributed by atoms with Gasteiger partial charge in [0, 0.05) is 49.3 Å². The lowest BCUT2D eigenvalue weighted by molar-refractivity contribution is -0.146. The predicted octanol–water partition coefficient (Wildman–Crippen LogP) is 5.52. The van der Waals surface area contributed by atoms with Crippen LogP contribution in [0.1, 0.15) is 40.9 Å². The lowest BCUT2D eigenvalue weighted by atomic mass is 9.81. The maximum absolute atomic E-state index is 14.6. The van der Waals surface area contributed by atoms with Gasteiger partial charge in [-0.2, -0.15) is 0 Å². The molecule has 47 heavy (non-hydrogen) atoms. The number of sulfonamides is 1. The van der Waals surface area contributed by atoms with Crippen molar-refractivity contribution in [3.05, 3.63) is 119 Å². The number of rotatable bonds is 9. The van der Waals surface area contributed by atoms with Gasteiger partial charge in [-0.1, -0.05) is 74.0 Å². The van der Waals surface area contributed by atoms with E-state index in [-0.39, 0.29) is 17.3 Å². The van der Waals surface area contributed by atoms with E-state index in [4.69, 9.17) is 4.74 Å². The zero-order valence-corrected chi connectivity index (χ0v) is 27.6. The highest BCUT2D eigenvalue weighted by atomic mass is 32.2. The van der Waals surface area contributed by atoms with Crippen LogP contribution in [-0.2, 0) is 26.7 Å². The van der Waals surface area contributed by atoms with Gasteiger partial charge in [0.15, 0.2) is 0 Å². The molecule has 10 heteroatoms. The number of carbonyl (C=O) groups excluding carboxylic acids is 1. The topological polar surface area (TPSA) is 107 Å². The molecular formula is C37H39N3O6S. The zero-order chi connectivity index (χ0) is 33.3. The van der Waals surface area contributed by atoms with E-state index in [0.29, 0.717) is 55.2 Å². The number of hydrogen-bond donors (Lipinski definition) is 1. The summed E-state index contributed by atoms with van der Waals surface area (Å²) in [5.41, 5.74) is 3.66. The second kappa shape index (κ2) is 12.8. The predicted molar refractivity (Wildman–Crippen MR) is 182 cm³/mol. The maximum atomic E-state index is 14.6. The molecule has 1 saturated heterocycles. The van der Waals surface area contributed by atoms with Gasteiger partial charge >= 0.3 is 5.97 Å². The van der Waals surface area contributed by atoms with E-state index < -0.39 is 27.5 Å². The van der Waals surface area contributed by atoms with E-state index in [1.807, 2.05) is 90.7 Å². The minimum absolute atomic E-state index is 0.0151. The molecule has 4 aromatic carbocycles. The first-order valence-electron chi connectivity index (χ1n) is 15.8. The summed E-state index contributed by atoms with van der Waals surface area (Å²) in [6.07, 6.45) is -0.643. The molecule has 2 aliphatic heterocycles. The normalized spacial score (nSPS) is 17.1. The van der Waals surface area contributed by atoms with Gasteiger partial charge in [-0.15, -0.1) is 0 Å². The molecule has 1 atom stereocenters. The third-order valence-electron chi connectivity index (χ3n) is 9.16. The third kappa shape index (κ3) is 6.30. The number of hydrogen-bond acceptors (Lipinski definition) is 6. The van der Waals surface area contributed by atoms with Gasteiger partial charge in [-0.25, -0.2) is 13.2 Å². The van der Waals surface area contributed by atoms with E-state index in [2.05, 4.69) is 4.90 Å². The zero-order valence-electron chi connectivity index (χ0n) is 26.8. The fourth-order valence-electron chi connectivity index (χ4n) is 6.39. The molecule has 0 bridgehead atoms. The molecule has 0 aliphatic carbocycles. The minimum atomic E-state index is -4.12. The van der Waals surface area contributed by atoms with Crippen molar-refractivity contribution in [1.29, 1.82) is 0 Å². The summed E-state index contributed by atoms with van der Waals surface area (Å²) in [6, 6.07) is 29.4. The second-order valence-electron chi connectivity index (χ2n) is 12.7. The number of carboxylic acids is 1. The fourth-order valence-corrected chi connectivity index (χ4v) is 7.90. The standard InChI is InChI=1S/C37H39N3O6S/c1-26-13-15-28(16-14-26)35(41)39-23-21-38(22-24-39)31-11-7-8-12-32(31)40(20-19-27-9-5-4-6-10-27)47(44,45)29-17-18-33-30(25-29)37(2,3)34(46-33)36(42)43/h4-18,25,34H,19-24H2,1-3H3,(H,42,43). The molecule has 0 radical (unpaired) electrons. The summed E-state index contributed by atoms with van der Waals surface area (Å²) in [4.78, 5) is 29.2. The Bertz CT molecular complexity index is 1890. The number of ether oxygens (including phenoxy) is 1. The summed E-state index contributed by atoms with van der Waals surface area (Å²) in [5, 5.41) is 9.76. The number of nitrogens with zero attached hydrogens (tertiary/aromatic N) is 3. The van der Waals surface area contributed by atoms with Gasteiger partial charge in [0.05, 0.1) is 16.3 Å². The Morgan fingerprint density at radius 3 is 2.23 bits per heavy atom. The van der Waals surface area contributed by atoms with Crippen LogP contribution in [0.25, 0.3) is 0 Å². The molecule has 1 N–H and O–H groups in total. The monoisotopic (exact) mass is 653 g/mol. The van der Waals surface area contributed by atoms with Crippen molar-refractivity contribution in [1.82, 2.24) is 4.90 Å². The molecule has 0 spiro atoms.